The molecule has 0 radical (unpaired) electrons. The molecule has 0 bridgehead atoms. The van der Waals surface area contributed by atoms with E-state index in [1.165, 1.54) is 0 Å². The van der Waals surface area contributed by atoms with E-state index in [2.05, 4.69) is 10.1 Å². The number of aliphatic hydroxyl groups is 2. The maximum Gasteiger partial charge on any atom is 0.257 e. The molecule has 0 spiro atoms. The van der Waals surface area contributed by atoms with Crippen molar-refractivity contribution in [3.63, 3.8) is 0 Å². The van der Waals surface area contributed by atoms with Crippen LogP contribution in [0.3, 0.4) is 0 Å². The number of β-amino-alcohol motifs (C(OH)–C–C–N with tert-alkyl or cyclic N) is 1. The van der Waals surface area contributed by atoms with Gasteiger partial charge in [0.25, 0.3) is 5.91 Å². The van der Waals surface area contributed by atoms with Gasteiger partial charge in [-0.15, -0.1) is 0 Å². The molecule has 1 fully saturated rings. The number of amides is 1. The number of carbonyl (C=O) groups is 1. The fourth-order valence-electron chi connectivity index (χ4n) is 3.76. The standard InChI is InChI=1S/C19H26N4O3/c1-3-7-19(13-24)8-10-22(12-16(19)25)18(26)15-11-21-23(14(15)2)17-6-4-5-9-20-17/h4-6,9,11,16,24-25H,3,7-8,10,12-13H2,1-2H3/t16-,19+/m0/s1. The number of pyridine rings is 1. The molecule has 2 aromatic rings. The van der Waals surface area contributed by atoms with Crippen LogP contribution in [0, 0.1) is 12.3 Å². The summed E-state index contributed by atoms with van der Waals surface area (Å²) in [7, 11) is 0. The van der Waals surface area contributed by atoms with Crippen molar-refractivity contribution in [2.75, 3.05) is 19.7 Å². The topological polar surface area (TPSA) is 91.5 Å². The number of hydrogen-bond acceptors (Lipinski definition) is 5. The summed E-state index contributed by atoms with van der Waals surface area (Å²) >= 11 is 0. The number of nitrogens with zero attached hydrogens (tertiary/aromatic N) is 4. The van der Waals surface area contributed by atoms with E-state index in [4.69, 9.17) is 0 Å². The van der Waals surface area contributed by atoms with E-state index >= 15 is 0 Å². The monoisotopic (exact) mass is 358 g/mol. The van der Waals surface area contributed by atoms with Crippen molar-refractivity contribution < 1.29 is 15.0 Å². The maximum atomic E-state index is 12.9. The number of piperidine rings is 1. The maximum absolute atomic E-state index is 12.9. The van der Waals surface area contributed by atoms with Gasteiger partial charge >= 0.3 is 0 Å². The van der Waals surface area contributed by atoms with Crippen LogP contribution >= 0.6 is 0 Å². The van der Waals surface area contributed by atoms with E-state index in [9.17, 15) is 15.0 Å². The normalized spacial score (nSPS) is 23.2. The van der Waals surface area contributed by atoms with Gasteiger partial charge in [0.05, 0.1) is 30.2 Å². The minimum atomic E-state index is -0.726. The molecule has 3 heterocycles. The molecule has 0 unspecified atom stereocenters. The molecule has 1 saturated heterocycles. The molecule has 7 nitrogen and oxygen atoms in total. The Morgan fingerprint density at radius 2 is 2.23 bits per heavy atom. The number of aliphatic hydroxyl groups excluding tert-OH is 2. The highest BCUT2D eigenvalue weighted by atomic mass is 16.3. The average Bonchev–Trinajstić information content (AvgIpc) is 3.05. The molecule has 3 rings (SSSR count). The Hall–Kier alpha value is -2.25. The van der Waals surface area contributed by atoms with Crippen molar-refractivity contribution in [3.05, 3.63) is 41.9 Å². The Morgan fingerprint density at radius 3 is 2.85 bits per heavy atom. The molecule has 2 aromatic heterocycles. The van der Waals surface area contributed by atoms with Crippen LogP contribution in [0.15, 0.2) is 30.6 Å². The molecular formula is C19H26N4O3. The number of rotatable bonds is 5. The number of carbonyl (C=O) groups excluding carboxylic acids is 1. The minimum Gasteiger partial charge on any atom is -0.396 e. The fourth-order valence-corrected chi connectivity index (χ4v) is 3.76. The summed E-state index contributed by atoms with van der Waals surface area (Å²) in [4.78, 5) is 18.9. The smallest absolute Gasteiger partial charge is 0.257 e. The predicted octanol–water partition coefficient (Wildman–Crippen LogP) is 1.56. The van der Waals surface area contributed by atoms with E-state index in [1.54, 1.807) is 22.0 Å². The SMILES string of the molecule is CCC[C@]1(CO)CCN(C(=O)c2cnn(-c3ccccn3)c2C)C[C@@H]1O. The first kappa shape index (κ1) is 18.5. The second-order valence-corrected chi connectivity index (χ2v) is 7.03. The van der Waals surface area contributed by atoms with E-state index in [0.29, 0.717) is 24.3 Å². The Kier molecular flexibility index (Phi) is 5.38. The van der Waals surface area contributed by atoms with Crippen LogP contribution in [0.5, 0.6) is 0 Å². The molecule has 0 saturated carbocycles. The summed E-state index contributed by atoms with van der Waals surface area (Å²) in [5, 5.41) is 24.7. The lowest BCUT2D eigenvalue weighted by molar-refractivity contribution is -0.0713. The fraction of sp³-hybridized carbons (Fsp3) is 0.526. The zero-order valence-corrected chi connectivity index (χ0v) is 15.3. The van der Waals surface area contributed by atoms with Gasteiger partial charge in [-0.2, -0.15) is 5.10 Å². The highest BCUT2D eigenvalue weighted by Gasteiger charge is 2.42. The van der Waals surface area contributed by atoms with Crippen LogP contribution in [-0.2, 0) is 0 Å². The molecule has 2 atom stereocenters. The zero-order chi connectivity index (χ0) is 18.7. The van der Waals surface area contributed by atoms with Gasteiger partial charge in [-0.25, -0.2) is 9.67 Å². The molecule has 1 aliphatic heterocycles. The van der Waals surface area contributed by atoms with E-state index < -0.39 is 11.5 Å². The highest BCUT2D eigenvalue weighted by molar-refractivity contribution is 5.95. The number of likely N-dealkylation sites (tertiary alicyclic amines) is 1. The molecule has 2 N–H and O–H groups in total. The van der Waals surface area contributed by atoms with Gasteiger partial charge in [0, 0.05) is 24.7 Å². The summed E-state index contributed by atoms with van der Waals surface area (Å²) < 4.78 is 1.64. The van der Waals surface area contributed by atoms with Crippen LogP contribution in [0.25, 0.3) is 5.82 Å². The Balaban J connectivity index is 1.78. The van der Waals surface area contributed by atoms with E-state index in [-0.39, 0.29) is 19.1 Å². The largest absolute Gasteiger partial charge is 0.396 e. The van der Waals surface area contributed by atoms with Gasteiger partial charge < -0.3 is 15.1 Å². The quantitative estimate of drug-likeness (QED) is 0.846. The van der Waals surface area contributed by atoms with Gasteiger partial charge in [-0.1, -0.05) is 19.4 Å². The van der Waals surface area contributed by atoms with Gasteiger partial charge in [-0.3, -0.25) is 4.79 Å². The van der Waals surface area contributed by atoms with E-state index in [1.807, 2.05) is 32.0 Å². The Labute approximate surface area is 153 Å². The van der Waals surface area contributed by atoms with Gasteiger partial charge in [0.15, 0.2) is 5.82 Å². The number of hydrogen-bond donors (Lipinski definition) is 2. The summed E-state index contributed by atoms with van der Waals surface area (Å²) in [6.07, 6.45) is 4.75. The van der Waals surface area contributed by atoms with Crippen molar-refractivity contribution in [2.45, 2.75) is 39.2 Å². The average molecular weight is 358 g/mol. The molecule has 140 valence electrons. The molecule has 26 heavy (non-hydrogen) atoms. The third kappa shape index (κ3) is 3.24. The van der Waals surface area contributed by atoms with Crippen molar-refractivity contribution >= 4 is 5.91 Å². The predicted molar refractivity (Wildman–Crippen MR) is 97.1 cm³/mol. The van der Waals surface area contributed by atoms with Crippen LogP contribution in [0.4, 0.5) is 0 Å². The third-order valence-corrected chi connectivity index (χ3v) is 5.44. The first-order valence-electron chi connectivity index (χ1n) is 9.06. The summed E-state index contributed by atoms with van der Waals surface area (Å²) in [6.45, 7) is 4.57. The van der Waals surface area contributed by atoms with Gasteiger partial charge in [0.2, 0.25) is 0 Å². The van der Waals surface area contributed by atoms with Gasteiger partial charge in [0.1, 0.15) is 0 Å². The number of aromatic nitrogens is 3. The third-order valence-electron chi connectivity index (χ3n) is 5.44. The Bertz CT molecular complexity index is 761. The van der Waals surface area contributed by atoms with Crippen molar-refractivity contribution in [1.82, 2.24) is 19.7 Å². The van der Waals surface area contributed by atoms with Crippen molar-refractivity contribution in [2.24, 2.45) is 5.41 Å². The summed E-state index contributed by atoms with van der Waals surface area (Å²) in [6, 6.07) is 5.53. The lowest BCUT2D eigenvalue weighted by atomic mass is 9.73. The second-order valence-electron chi connectivity index (χ2n) is 7.03. The van der Waals surface area contributed by atoms with E-state index in [0.717, 1.165) is 18.5 Å². The molecule has 0 aromatic carbocycles. The van der Waals surface area contributed by atoms with Crippen LogP contribution in [0.2, 0.25) is 0 Å². The summed E-state index contributed by atoms with van der Waals surface area (Å²) in [5.41, 5.74) is 0.726. The van der Waals surface area contributed by atoms with Crippen LogP contribution in [-0.4, -0.2) is 61.6 Å². The first-order chi connectivity index (χ1) is 12.5. The molecule has 1 amide bonds. The van der Waals surface area contributed by atoms with Crippen LogP contribution in [0.1, 0.15) is 42.2 Å². The molecule has 7 heteroatoms. The molecule has 1 aliphatic rings. The highest BCUT2D eigenvalue weighted by Crippen LogP contribution is 2.36. The zero-order valence-electron chi connectivity index (χ0n) is 15.3. The lowest BCUT2D eigenvalue weighted by Gasteiger charge is -2.44. The summed E-state index contributed by atoms with van der Waals surface area (Å²) in [5.74, 6) is 0.511. The van der Waals surface area contributed by atoms with Crippen molar-refractivity contribution in [3.8, 4) is 5.82 Å². The minimum absolute atomic E-state index is 0.0549. The Morgan fingerprint density at radius 1 is 1.42 bits per heavy atom. The lowest BCUT2D eigenvalue weighted by Crippen LogP contribution is -2.54. The first-order valence-corrected chi connectivity index (χ1v) is 9.06. The molecular weight excluding hydrogens is 332 g/mol. The van der Waals surface area contributed by atoms with Crippen molar-refractivity contribution in [1.29, 1.82) is 0 Å². The van der Waals surface area contributed by atoms with Crippen LogP contribution < -0.4 is 0 Å². The second kappa shape index (κ2) is 7.55. The van der Waals surface area contributed by atoms with Gasteiger partial charge in [-0.05, 0) is 31.9 Å². The molecule has 0 aliphatic carbocycles.